The lowest BCUT2D eigenvalue weighted by molar-refractivity contribution is -0.166. The van der Waals surface area contributed by atoms with Crippen LogP contribution in [0.15, 0.2) is 12.1 Å². The molecule has 1 N–H and O–H groups in total. The maximum atomic E-state index is 12.4. The molecule has 0 bridgehead atoms. The van der Waals surface area contributed by atoms with Gasteiger partial charge >= 0.3 is 5.97 Å². The van der Waals surface area contributed by atoms with E-state index in [2.05, 4.69) is 0 Å². The molecule has 1 heterocycles. The highest BCUT2D eigenvalue weighted by molar-refractivity contribution is 5.75. The number of hydrogen-bond acceptors (Lipinski definition) is 4. The quantitative estimate of drug-likeness (QED) is 0.806. The normalized spacial score (nSPS) is 19.0. The third kappa shape index (κ3) is 4.82. The molecule has 0 unspecified atom stereocenters. The third-order valence-corrected chi connectivity index (χ3v) is 5.45. The van der Waals surface area contributed by atoms with Gasteiger partial charge in [0.05, 0.1) is 0 Å². The van der Waals surface area contributed by atoms with Crippen molar-refractivity contribution in [2.24, 2.45) is 0 Å². The van der Waals surface area contributed by atoms with E-state index in [4.69, 9.17) is 4.74 Å². The van der Waals surface area contributed by atoms with Crippen LogP contribution in [0.3, 0.4) is 0 Å². The summed E-state index contributed by atoms with van der Waals surface area (Å²) >= 11 is 0. The molecular weight excluding hydrogens is 342 g/mol. The molecule has 1 fully saturated rings. The van der Waals surface area contributed by atoms with Gasteiger partial charge in [-0.05, 0) is 64.7 Å². The zero-order valence-corrected chi connectivity index (χ0v) is 17.7. The molecule has 5 nitrogen and oxygen atoms in total. The predicted octanol–water partition coefficient (Wildman–Crippen LogP) is 4.05. The number of aryl methyl sites for hydroxylation is 3. The van der Waals surface area contributed by atoms with Crippen molar-refractivity contribution in [3.63, 3.8) is 0 Å². The lowest BCUT2D eigenvalue weighted by Gasteiger charge is -2.54. The number of likely N-dealkylation sites (tertiary alicyclic amines) is 1. The smallest absolute Gasteiger partial charge is 0.306 e. The van der Waals surface area contributed by atoms with Crippen molar-refractivity contribution in [2.75, 3.05) is 0 Å². The van der Waals surface area contributed by atoms with E-state index < -0.39 is 0 Å². The van der Waals surface area contributed by atoms with E-state index in [0.29, 0.717) is 31.4 Å². The molecule has 0 radical (unpaired) electrons. The number of carbonyl (C=O) groups excluding carboxylic acids is 2. The highest BCUT2D eigenvalue weighted by Gasteiger charge is 2.47. The Balaban J connectivity index is 1.99. The fourth-order valence-electron chi connectivity index (χ4n) is 4.81. The van der Waals surface area contributed by atoms with Gasteiger partial charge in [-0.3, -0.25) is 9.59 Å². The Morgan fingerprint density at radius 3 is 2.04 bits per heavy atom. The summed E-state index contributed by atoms with van der Waals surface area (Å²) in [4.78, 5) is 26.4. The van der Waals surface area contributed by atoms with E-state index in [-0.39, 0.29) is 29.1 Å². The minimum absolute atomic E-state index is 0.0489. The van der Waals surface area contributed by atoms with Gasteiger partial charge in [0.1, 0.15) is 11.9 Å². The Morgan fingerprint density at radius 1 is 1.11 bits per heavy atom. The second-order valence-corrected chi connectivity index (χ2v) is 9.08. The number of amides is 1. The van der Waals surface area contributed by atoms with Gasteiger partial charge in [-0.2, -0.15) is 0 Å². The van der Waals surface area contributed by atoms with E-state index in [1.165, 1.54) is 0 Å². The topological polar surface area (TPSA) is 66.8 Å². The number of phenolic OH excluding ortho intramolecular Hbond substituents is 1. The van der Waals surface area contributed by atoms with Crippen LogP contribution in [0.25, 0.3) is 0 Å². The van der Waals surface area contributed by atoms with Crippen LogP contribution in [0, 0.1) is 13.8 Å². The van der Waals surface area contributed by atoms with Crippen LogP contribution in [0.5, 0.6) is 5.75 Å². The van der Waals surface area contributed by atoms with Crippen LogP contribution in [0.1, 0.15) is 70.6 Å². The average Bonchev–Trinajstić information content (AvgIpc) is 2.47. The fourth-order valence-corrected chi connectivity index (χ4v) is 4.81. The summed E-state index contributed by atoms with van der Waals surface area (Å²) in [6, 6.07) is 3.82. The number of benzene rings is 1. The molecule has 1 aliphatic rings. The lowest BCUT2D eigenvalue weighted by atomic mass is 9.78. The monoisotopic (exact) mass is 375 g/mol. The standard InChI is InChI=1S/C22H33NO4/c1-14-10-17(11-15(2)20(14)26)8-9-19(25)27-18-12-21(4,5)23(16(3)24)22(6,7)13-18/h10-11,18,26H,8-9,12-13H2,1-7H3. The van der Waals surface area contributed by atoms with Gasteiger partial charge in [-0.15, -0.1) is 0 Å². The largest absolute Gasteiger partial charge is 0.507 e. The number of rotatable bonds is 4. The first-order valence-corrected chi connectivity index (χ1v) is 9.63. The third-order valence-electron chi connectivity index (χ3n) is 5.45. The summed E-state index contributed by atoms with van der Waals surface area (Å²) in [5, 5.41) is 9.86. The summed E-state index contributed by atoms with van der Waals surface area (Å²) in [6.45, 7) is 13.4. The highest BCUT2D eigenvalue weighted by atomic mass is 16.5. The van der Waals surface area contributed by atoms with E-state index in [1.807, 2.05) is 58.6 Å². The van der Waals surface area contributed by atoms with E-state index in [1.54, 1.807) is 6.92 Å². The summed E-state index contributed by atoms with van der Waals surface area (Å²) in [7, 11) is 0. The van der Waals surface area contributed by atoms with Gasteiger partial charge in [0.2, 0.25) is 5.91 Å². The van der Waals surface area contributed by atoms with Crippen LogP contribution >= 0.6 is 0 Å². The van der Waals surface area contributed by atoms with Crippen LogP contribution in [-0.2, 0) is 20.7 Å². The Kier molecular flexibility index (Phi) is 5.93. The van der Waals surface area contributed by atoms with E-state index in [0.717, 1.165) is 16.7 Å². The second kappa shape index (κ2) is 7.53. The zero-order chi connectivity index (χ0) is 20.6. The van der Waals surface area contributed by atoms with Crippen molar-refractivity contribution in [2.45, 2.75) is 91.3 Å². The fraction of sp³-hybridized carbons (Fsp3) is 0.636. The van der Waals surface area contributed by atoms with Crippen LogP contribution < -0.4 is 0 Å². The summed E-state index contributed by atoms with van der Waals surface area (Å²) in [5.41, 5.74) is 1.94. The second-order valence-electron chi connectivity index (χ2n) is 9.08. The first-order chi connectivity index (χ1) is 12.3. The SMILES string of the molecule is CC(=O)N1C(C)(C)CC(OC(=O)CCc2cc(C)c(O)c(C)c2)CC1(C)C. The van der Waals surface area contributed by atoms with E-state index >= 15 is 0 Å². The minimum Gasteiger partial charge on any atom is -0.507 e. The molecule has 2 rings (SSSR count). The number of ether oxygens (including phenoxy) is 1. The number of phenols is 1. The number of nitrogens with zero attached hydrogens (tertiary/aromatic N) is 1. The summed E-state index contributed by atoms with van der Waals surface area (Å²) in [5.74, 6) is 0.141. The summed E-state index contributed by atoms with van der Waals surface area (Å²) < 4.78 is 5.77. The minimum atomic E-state index is -0.357. The Labute approximate surface area is 162 Å². The number of carbonyl (C=O) groups is 2. The number of hydrogen-bond donors (Lipinski definition) is 1. The first kappa shape index (κ1) is 21.3. The molecule has 1 aromatic carbocycles. The molecule has 1 saturated heterocycles. The maximum Gasteiger partial charge on any atom is 0.306 e. The van der Waals surface area contributed by atoms with Gasteiger partial charge in [-0.1, -0.05) is 12.1 Å². The van der Waals surface area contributed by atoms with E-state index in [9.17, 15) is 14.7 Å². The van der Waals surface area contributed by atoms with Crippen molar-refractivity contribution >= 4 is 11.9 Å². The van der Waals surface area contributed by atoms with Gasteiger partial charge in [0.25, 0.3) is 0 Å². The van der Waals surface area contributed by atoms with Crippen molar-refractivity contribution in [3.8, 4) is 5.75 Å². The van der Waals surface area contributed by atoms with Gasteiger partial charge < -0.3 is 14.7 Å². The lowest BCUT2D eigenvalue weighted by Crippen LogP contribution is -2.63. The van der Waals surface area contributed by atoms with Crippen LogP contribution in [0.2, 0.25) is 0 Å². The van der Waals surface area contributed by atoms with Crippen LogP contribution in [-0.4, -0.2) is 39.1 Å². The van der Waals surface area contributed by atoms with Gasteiger partial charge in [0, 0.05) is 37.3 Å². The number of esters is 1. The Morgan fingerprint density at radius 2 is 1.59 bits per heavy atom. The molecule has 150 valence electrons. The summed E-state index contributed by atoms with van der Waals surface area (Å²) in [6.07, 6.45) is 1.97. The van der Waals surface area contributed by atoms with Crippen molar-refractivity contribution < 1.29 is 19.4 Å². The predicted molar refractivity (Wildman–Crippen MR) is 106 cm³/mol. The molecule has 5 heteroatoms. The molecule has 1 amide bonds. The van der Waals surface area contributed by atoms with Crippen molar-refractivity contribution in [1.29, 1.82) is 0 Å². The number of aromatic hydroxyl groups is 1. The van der Waals surface area contributed by atoms with Crippen molar-refractivity contribution in [3.05, 3.63) is 28.8 Å². The zero-order valence-electron chi connectivity index (χ0n) is 17.7. The molecule has 0 atom stereocenters. The molecular formula is C22H33NO4. The van der Waals surface area contributed by atoms with Crippen molar-refractivity contribution in [1.82, 2.24) is 4.90 Å². The Hall–Kier alpha value is -2.04. The molecule has 0 saturated carbocycles. The first-order valence-electron chi connectivity index (χ1n) is 9.63. The number of piperidine rings is 1. The Bertz CT molecular complexity index is 695. The van der Waals surface area contributed by atoms with Gasteiger partial charge in [-0.25, -0.2) is 0 Å². The average molecular weight is 376 g/mol. The maximum absolute atomic E-state index is 12.4. The van der Waals surface area contributed by atoms with Crippen LogP contribution in [0.4, 0.5) is 0 Å². The molecule has 1 aliphatic heterocycles. The molecule has 0 aromatic heterocycles. The molecule has 27 heavy (non-hydrogen) atoms. The molecule has 1 aromatic rings. The highest BCUT2D eigenvalue weighted by Crippen LogP contribution is 2.39. The molecule has 0 spiro atoms. The molecule has 0 aliphatic carbocycles. The van der Waals surface area contributed by atoms with Gasteiger partial charge in [0.15, 0.2) is 0 Å².